The number of ether oxygens (including phenoxy) is 3. The molecule has 0 aromatic rings. The number of carbonyl (C=O) groups excluding carboxylic acids is 3. The smallest absolute Gasteiger partial charge is 0.306 e. The van der Waals surface area contributed by atoms with Crippen molar-refractivity contribution in [2.24, 2.45) is 0 Å². The van der Waals surface area contributed by atoms with Crippen LogP contribution in [-0.4, -0.2) is 37.2 Å². The van der Waals surface area contributed by atoms with Crippen LogP contribution in [0.5, 0.6) is 0 Å². The molecule has 0 N–H and O–H groups in total. The zero-order valence-electron chi connectivity index (χ0n) is 54.2. The van der Waals surface area contributed by atoms with Crippen molar-refractivity contribution in [3.8, 4) is 0 Å². The van der Waals surface area contributed by atoms with Gasteiger partial charge in [0, 0.05) is 19.3 Å². The third-order valence-electron chi connectivity index (χ3n) is 14.6. The molecule has 0 aliphatic carbocycles. The van der Waals surface area contributed by atoms with E-state index in [9.17, 15) is 14.4 Å². The number of rotatable bonds is 62. The Morgan fingerprint density at radius 3 is 0.771 bits per heavy atom. The lowest BCUT2D eigenvalue weighted by Crippen LogP contribution is -2.30. The summed E-state index contributed by atoms with van der Waals surface area (Å²) >= 11 is 0. The normalized spacial score (nSPS) is 13.0. The van der Waals surface area contributed by atoms with Crippen LogP contribution < -0.4 is 0 Å². The minimum atomic E-state index is -0.801. The van der Waals surface area contributed by atoms with Gasteiger partial charge in [-0.3, -0.25) is 14.4 Å². The third kappa shape index (κ3) is 68.2. The minimum Gasteiger partial charge on any atom is -0.462 e. The number of carbonyl (C=O) groups is 3. The highest BCUT2D eigenvalue weighted by Crippen LogP contribution is 2.16. The number of esters is 3. The van der Waals surface area contributed by atoms with Crippen LogP contribution >= 0.6 is 0 Å². The minimum absolute atomic E-state index is 0.0934. The van der Waals surface area contributed by atoms with E-state index in [1.807, 2.05) is 0 Å². The van der Waals surface area contributed by atoms with Gasteiger partial charge < -0.3 is 14.2 Å². The molecule has 6 nitrogen and oxygen atoms in total. The highest BCUT2D eigenvalue weighted by Gasteiger charge is 2.19. The molecule has 1 unspecified atom stereocenters. The predicted octanol–water partition coefficient (Wildman–Crippen LogP) is 24.1. The first-order valence-corrected chi connectivity index (χ1v) is 34.7. The molecule has 0 saturated carbocycles. The van der Waals surface area contributed by atoms with Crippen LogP contribution in [0.2, 0.25) is 0 Å². The fraction of sp³-hybridized carbons (Fsp3) is 0.675. The molecular formula is C77H128O6. The van der Waals surface area contributed by atoms with Gasteiger partial charge in [0.2, 0.25) is 0 Å². The van der Waals surface area contributed by atoms with Gasteiger partial charge in [0.1, 0.15) is 13.2 Å². The SMILES string of the molecule is CC/C=C\C/C=C\C/C=C\C/C=C\C/C=C\C/C=C\C/C=C\CCCCCCCC(=O)OCC(COC(=O)CCCCCCCCCCC/C=C\CCCCCCCC)OC(=O)CCCCCCCC/C=C\C/C=C\C/C=C\CCCCC. The molecule has 1 atom stereocenters. The van der Waals surface area contributed by atoms with Gasteiger partial charge in [-0.1, -0.05) is 289 Å². The van der Waals surface area contributed by atoms with E-state index in [0.29, 0.717) is 19.3 Å². The summed E-state index contributed by atoms with van der Waals surface area (Å²) in [4.78, 5) is 38.5. The lowest BCUT2D eigenvalue weighted by molar-refractivity contribution is -0.167. The molecule has 0 bridgehead atoms. The van der Waals surface area contributed by atoms with Gasteiger partial charge in [0.15, 0.2) is 6.10 Å². The number of allylic oxidation sites excluding steroid dienone is 22. The van der Waals surface area contributed by atoms with E-state index in [0.717, 1.165) is 148 Å². The van der Waals surface area contributed by atoms with Crippen molar-refractivity contribution >= 4 is 17.9 Å². The average molecular weight is 1150 g/mol. The highest BCUT2D eigenvalue weighted by atomic mass is 16.6. The Balaban J connectivity index is 4.45. The van der Waals surface area contributed by atoms with Crippen molar-refractivity contribution in [2.45, 2.75) is 322 Å². The average Bonchev–Trinajstić information content (AvgIpc) is 3.50. The summed E-state index contributed by atoms with van der Waals surface area (Å²) in [5.74, 6) is -0.921. The fourth-order valence-corrected chi connectivity index (χ4v) is 9.43. The molecule has 0 rings (SSSR count). The molecule has 83 heavy (non-hydrogen) atoms. The predicted molar refractivity (Wildman–Crippen MR) is 362 cm³/mol. The van der Waals surface area contributed by atoms with Gasteiger partial charge in [-0.25, -0.2) is 0 Å². The van der Waals surface area contributed by atoms with Crippen molar-refractivity contribution in [1.29, 1.82) is 0 Å². The summed E-state index contributed by atoms with van der Waals surface area (Å²) in [7, 11) is 0. The summed E-state index contributed by atoms with van der Waals surface area (Å²) in [6.45, 7) is 6.49. The second-order valence-corrected chi connectivity index (χ2v) is 22.7. The van der Waals surface area contributed by atoms with Crippen LogP contribution in [0, 0.1) is 0 Å². The highest BCUT2D eigenvalue weighted by molar-refractivity contribution is 5.71. The van der Waals surface area contributed by atoms with E-state index >= 15 is 0 Å². The van der Waals surface area contributed by atoms with Crippen molar-refractivity contribution < 1.29 is 28.6 Å². The summed E-state index contributed by atoms with van der Waals surface area (Å²) in [5, 5.41) is 0. The lowest BCUT2D eigenvalue weighted by atomic mass is 10.1. The molecule has 0 amide bonds. The van der Waals surface area contributed by atoms with E-state index in [-0.39, 0.29) is 31.1 Å². The monoisotopic (exact) mass is 1150 g/mol. The molecule has 472 valence electrons. The quantitative estimate of drug-likeness (QED) is 0.0261. The Labute approximate surface area is 513 Å². The molecule has 0 spiro atoms. The Bertz CT molecular complexity index is 1750. The number of unbranched alkanes of at least 4 members (excludes halogenated alkanes) is 29. The van der Waals surface area contributed by atoms with Crippen LogP contribution in [-0.2, 0) is 28.6 Å². The molecule has 0 aliphatic heterocycles. The molecule has 0 fully saturated rings. The fourth-order valence-electron chi connectivity index (χ4n) is 9.43. The van der Waals surface area contributed by atoms with E-state index in [4.69, 9.17) is 14.2 Å². The van der Waals surface area contributed by atoms with Crippen LogP contribution in [0.3, 0.4) is 0 Å². The Hall–Kier alpha value is -4.45. The maximum atomic E-state index is 13.0. The third-order valence-corrected chi connectivity index (χ3v) is 14.6. The Kier molecular flexibility index (Phi) is 66.3. The first-order chi connectivity index (χ1) is 41.0. The zero-order valence-corrected chi connectivity index (χ0v) is 54.2. The van der Waals surface area contributed by atoms with Gasteiger partial charge in [-0.2, -0.15) is 0 Å². The summed E-state index contributed by atoms with van der Waals surface area (Å²) in [6, 6.07) is 0. The standard InChI is InChI=1S/C77H128O6/c1-4-7-10-13-16-19-22-25-28-31-34-35-36-37-38-39-40-41-44-46-49-52-55-58-61-64-67-70-76(79)82-73-74(83-77(80)71-68-65-62-59-56-53-50-47-43-33-30-27-24-21-18-15-12-9-6-3)72-81-75(78)69-66-63-60-57-54-51-48-45-42-32-29-26-23-20-17-14-11-8-5-2/h7,10,16,18-19,21,25-30,34-35,37-38,40-41,43,46-47,49,74H,4-6,8-9,11-15,17,20,22-24,31-33,36,39,42,44-45,48,50-73H2,1-3H3/b10-7-,19-16-,21-18-,28-25-,29-26-,30-27-,35-34-,38-37-,41-40-,47-43-,49-46-. The molecule has 0 saturated heterocycles. The molecule has 0 aromatic heterocycles. The van der Waals surface area contributed by atoms with Gasteiger partial charge in [0.25, 0.3) is 0 Å². The van der Waals surface area contributed by atoms with Crippen molar-refractivity contribution in [3.63, 3.8) is 0 Å². The molecule has 0 radical (unpaired) electrons. The first kappa shape index (κ1) is 78.5. The Morgan fingerprint density at radius 1 is 0.253 bits per heavy atom. The van der Waals surface area contributed by atoms with Gasteiger partial charge in [0.05, 0.1) is 0 Å². The summed E-state index contributed by atoms with van der Waals surface area (Å²) < 4.78 is 17.0. The van der Waals surface area contributed by atoms with Crippen molar-refractivity contribution in [3.05, 3.63) is 134 Å². The lowest BCUT2D eigenvalue weighted by Gasteiger charge is -2.18. The summed E-state index contributed by atoms with van der Waals surface area (Å²) in [5.41, 5.74) is 0. The molecular weight excluding hydrogens is 1020 g/mol. The van der Waals surface area contributed by atoms with Crippen LogP contribution in [0.4, 0.5) is 0 Å². The molecule has 0 aromatic carbocycles. The van der Waals surface area contributed by atoms with Gasteiger partial charge in [-0.05, 0) is 141 Å². The zero-order chi connectivity index (χ0) is 59.9. The van der Waals surface area contributed by atoms with Crippen LogP contribution in [0.1, 0.15) is 316 Å². The second-order valence-electron chi connectivity index (χ2n) is 22.7. The number of hydrogen-bond donors (Lipinski definition) is 0. The molecule has 6 heteroatoms. The second kappa shape index (κ2) is 70.0. The van der Waals surface area contributed by atoms with Crippen molar-refractivity contribution in [1.82, 2.24) is 0 Å². The Morgan fingerprint density at radius 2 is 0.470 bits per heavy atom. The van der Waals surface area contributed by atoms with E-state index in [1.165, 1.54) is 128 Å². The largest absolute Gasteiger partial charge is 0.462 e. The molecule has 0 heterocycles. The van der Waals surface area contributed by atoms with E-state index in [1.54, 1.807) is 0 Å². The van der Waals surface area contributed by atoms with E-state index in [2.05, 4.69) is 154 Å². The maximum Gasteiger partial charge on any atom is 0.306 e. The molecule has 0 aliphatic rings. The number of hydrogen-bond acceptors (Lipinski definition) is 6. The van der Waals surface area contributed by atoms with E-state index < -0.39 is 6.10 Å². The topological polar surface area (TPSA) is 78.9 Å². The van der Waals surface area contributed by atoms with Crippen LogP contribution in [0.25, 0.3) is 0 Å². The van der Waals surface area contributed by atoms with Crippen molar-refractivity contribution in [2.75, 3.05) is 13.2 Å². The van der Waals surface area contributed by atoms with Crippen LogP contribution in [0.15, 0.2) is 134 Å². The van der Waals surface area contributed by atoms with Gasteiger partial charge >= 0.3 is 17.9 Å². The maximum absolute atomic E-state index is 13.0. The van der Waals surface area contributed by atoms with Gasteiger partial charge in [-0.15, -0.1) is 0 Å². The first-order valence-electron chi connectivity index (χ1n) is 34.7. The summed E-state index contributed by atoms with van der Waals surface area (Å²) in [6.07, 6.45) is 98.8.